The molecule has 0 bridgehead atoms. The number of hydrogen-bond donors (Lipinski definition) is 2. The van der Waals surface area contributed by atoms with Gasteiger partial charge in [0.1, 0.15) is 17.5 Å². The van der Waals surface area contributed by atoms with E-state index < -0.39 is 0 Å². The van der Waals surface area contributed by atoms with Gasteiger partial charge in [0.25, 0.3) is 0 Å². The molecule has 0 aliphatic carbocycles. The van der Waals surface area contributed by atoms with Crippen molar-refractivity contribution in [2.75, 3.05) is 59.3 Å². The van der Waals surface area contributed by atoms with E-state index in [1.165, 1.54) is 0 Å². The quantitative estimate of drug-likeness (QED) is 0.196. The first-order valence-corrected chi connectivity index (χ1v) is 11.0. The van der Waals surface area contributed by atoms with Gasteiger partial charge in [0.15, 0.2) is 5.96 Å². The van der Waals surface area contributed by atoms with Crippen molar-refractivity contribution < 1.29 is 9.47 Å². The minimum atomic E-state index is 0. The van der Waals surface area contributed by atoms with Crippen molar-refractivity contribution in [3.8, 4) is 11.8 Å². The van der Waals surface area contributed by atoms with Crippen LogP contribution in [0.25, 0.3) is 5.69 Å². The molecule has 1 atom stereocenters. The first kappa shape index (κ1) is 26.9. The van der Waals surface area contributed by atoms with Crippen molar-refractivity contribution >= 4 is 35.8 Å². The predicted molar refractivity (Wildman–Crippen MR) is 140 cm³/mol. The number of rotatable bonds is 10. The Morgan fingerprint density at radius 3 is 2.82 bits per heavy atom. The number of ether oxygens (including phenoxy) is 2. The Kier molecular flexibility index (Phi) is 11.4. The van der Waals surface area contributed by atoms with E-state index in [0.29, 0.717) is 36.9 Å². The molecule has 2 aromatic rings. The van der Waals surface area contributed by atoms with Gasteiger partial charge in [0, 0.05) is 39.7 Å². The van der Waals surface area contributed by atoms with Crippen LogP contribution in [-0.2, 0) is 15.9 Å². The molecule has 0 saturated carbocycles. The van der Waals surface area contributed by atoms with Gasteiger partial charge in [-0.25, -0.2) is 4.68 Å². The van der Waals surface area contributed by atoms with Gasteiger partial charge in [-0.05, 0) is 31.4 Å². The molecule has 1 fully saturated rings. The molecule has 2 heterocycles. The third-order valence-corrected chi connectivity index (χ3v) is 5.56. The highest BCUT2D eigenvalue weighted by Crippen LogP contribution is 2.21. The highest BCUT2D eigenvalue weighted by atomic mass is 127. The van der Waals surface area contributed by atoms with Gasteiger partial charge in [-0.3, -0.25) is 4.99 Å². The standard InChI is InChI=1S/C23H33N7O2.HI/c1-26-23(29-12-10-18(16-29)17-32-14-13-31-2)27-11-6-9-21-20(15-24)22(25)30(28-21)19-7-4-3-5-8-19;/h3-5,7-8,18H,6,9-14,16-17,25H2,1-2H3,(H,26,27);1H. The lowest BCUT2D eigenvalue weighted by Crippen LogP contribution is -2.40. The van der Waals surface area contributed by atoms with E-state index in [2.05, 4.69) is 26.4 Å². The van der Waals surface area contributed by atoms with Crippen LogP contribution in [0.3, 0.4) is 0 Å². The molecule has 1 aromatic heterocycles. The van der Waals surface area contributed by atoms with Crippen LogP contribution in [0.1, 0.15) is 24.1 Å². The maximum atomic E-state index is 9.56. The number of nitrogens with zero attached hydrogens (tertiary/aromatic N) is 5. The summed E-state index contributed by atoms with van der Waals surface area (Å²) >= 11 is 0. The number of likely N-dealkylation sites (tertiary alicyclic amines) is 1. The highest BCUT2D eigenvalue weighted by molar-refractivity contribution is 14.0. The number of aryl methyl sites for hydroxylation is 1. The van der Waals surface area contributed by atoms with Crippen LogP contribution in [0, 0.1) is 17.2 Å². The molecule has 1 unspecified atom stereocenters. The highest BCUT2D eigenvalue weighted by Gasteiger charge is 2.25. The van der Waals surface area contributed by atoms with Crippen molar-refractivity contribution in [1.82, 2.24) is 20.0 Å². The number of nitrogen functional groups attached to an aromatic ring is 1. The number of anilines is 1. The molecule has 1 aromatic carbocycles. The molecule has 0 amide bonds. The van der Waals surface area contributed by atoms with Crippen LogP contribution in [0.5, 0.6) is 0 Å². The monoisotopic (exact) mass is 567 g/mol. The summed E-state index contributed by atoms with van der Waals surface area (Å²) < 4.78 is 12.3. The Morgan fingerprint density at radius 1 is 1.33 bits per heavy atom. The zero-order valence-corrected chi connectivity index (χ0v) is 21.7. The summed E-state index contributed by atoms with van der Waals surface area (Å²) in [5.74, 6) is 1.79. The zero-order chi connectivity index (χ0) is 22.8. The van der Waals surface area contributed by atoms with Crippen LogP contribution in [0.4, 0.5) is 5.82 Å². The van der Waals surface area contributed by atoms with Crippen molar-refractivity contribution in [3.63, 3.8) is 0 Å². The van der Waals surface area contributed by atoms with Gasteiger partial charge in [-0.15, -0.1) is 24.0 Å². The number of para-hydroxylation sites is 1. The second kappa shape index (κ2) is 14.0. The Hall–Kier alpha value is -2.36. The molecule has 9 nitrogen and oxygen atoms in total. The number of aliphatic imine (C=N–C) groups is 1. The summed E-state index contributed by atoms with van der Waals surface area (Å²) in [7, 11) is 3.49. The van der Waals surface area contributed by atoms with Gasteiger partial charge in [-0.1, -0.05) is 18.2 Å². The van der Waals surface area contributed by atoms with E-state index in [4.69, 9.17) is 15.2 Å². The number of nitriles is 1. The lowest BCUT2D eigenvalue weighted by molar-refractivity contribution is 0.0536. The largest absolute Gasteiger partial charge is 0.382 e. The number of nitrogens with two attached hydrogens (primary N) is 1. The SMILES string of the molecule is CN=C(NCCCc1nn(-c2ccccc2)c(N)c1C#N)N1CCC(COCCOC)C1.I. The van der Waals surface area contributed by atoms with Crippen LogP contribution in [-0.4, -0.2) is 74.3 Å². The normalized spacial score (nSPS) is 15.8. The van der Waals surface area contributed by atoms with Crippen LogP contribution < -0.4 is 11.1 Å². The molecule has 180 valence electrons. The lowest BCUT2D eigenvalue weighted by Gasteiger charge is -2.21. The number of methoxy groups -OCH3 is 1. The smallest absolute Gasteiger partial charge is 0.193 e. The zero-order valence-electron chi connectivity index (χ0n) is 19.4. The number of nitrogens with one attached hydrogen (secondary N) is 1. The molecule has 3 rings (SSSR count). The molecular weight excluding hydrogens is 533 g/mol. The van der Waals surface area contributed by atoms with Gasteiger partial charge < -0.3 is 25.4 Å². The fraction of sp³-hybridized carbons (Fsp3) is 0.522. The maximum Gasteiger partial charge on any atom is 0.193 e. The van der Waals surface area contributed by atoms with Crippen molar-refractivity contribution in [1.29, 1.82) is 5.26 Å². The van der Waals surface area contributed by atoms with Crippen molar-refractivity contribution in [2.24, 2.45) is 10.9 Å². The van der Waals surface area contributed by atoms with E-state index in [1.54, 1.807) is 18.8 Å². The number of benzene rings is 1. The third-order valence-electron chi connectivity index (χ3n) is 5.56. The summed E-state index contributed by atoms with van der Waals surface area (Å²) in [4.78, 5) is 6.70. The molecular formula is C23H34IN7O2. The number of hydrogen-bond acceptors (Lipinski definition) is 6. The van der Waals surface area contributed by atoms with Crippen molar-refractivity contribution in [2.45, 2.75) is 19.3 Å². The summed E-state index contributed by atoms with van der Waals surface area (Å²) in [5.41, 5.74) is 8.21. The van der Waals surface area contributed by atoms with Gasteiger partial charge in [0.2, 0.25) is 0 Å². The Morgan fingerprint density at radius 2 is 2.12 bits per heavy atom. The lowest BCUT2D eigenvalue weighted by atomic mass is 10.1. The summed E-state index contributed by atoms with van der Waals surface area (Å²) in [5, 5.41) is 17.6. The fourth-order valence-electron chi connectivity index (χ4n) is 3.88. The number of aromatic nitrogens is 2. The van der Waals surface area contributed by atoms with Gasteiger partial charge in [0.05, 0.1) is 31.2 Å². The van der Waals surface area contributed by atoms with Gasteiger partial charge >= 0.3 is 0 Å². The number of halogens is 1. The van der Waals surface area contributed by atoms with E-state index >= 15 is 0 Å². The topological polar surface area (TPSA) is 114 Å². The Bertz CT molecular complexity index is 927. The average molecular weight is 567 g/mol. The minimum Gasteiger partial charge on any atom is -0.382 e. The molecule has 0 spiro atoms. The van der Waals surface area contributed by atoms with Crippen molar-refractivity contribution in [3.05, 3.63) is 41.6 Å². The summed E-state index contributed by atoms with van der Waals surface area (Å²) in [6, 6.07) is 11.8. The van der Waals surface area contributed by atoms with E-state index in [0.717, 1.165) is 56.4 Å². The van der Waals surface area contributed by atoms with Crippen LogP contribution in [0.15, 0.2) is 35.3 Å². The van der Waals surface area contributed by atoms with E-state index in [1.807, 2.05) is 30.3 Å². The fourth-order valence-corrected chi connectivity index (χ4v) is 3.88. The average Bonchev–Trinajstić information content (AvgIpc) is 3.41. The summed E-state index contributed by atoms with van der Waals surface area (Å²) in [6.07, 6.45) is 2.57. The minimum absolute atomic E-state index is 0. The second-order valence-corrected chi connectivity index (χ2v) is 7.81. The first-order chi connectivity index (χ1) is 15.7. The predicted octanol–water partition coefficient (Wildman–Crippen LogP) is 2.44. The number of guanidine groups is 1. The summed E-state index contributed by atoms with van der Waals surface area (Å²) in [6.45, 7) is 4.65. The second-order valence-electron chi connectivity index (χ2n) is 7.81. The van der Waals surface area contributed by atoms with Crippen LogP contribution in [0.2, 0.25) is 0 Å². The molecule has 33 heavy (non-hydrogen) atoms. The molecule has 1 aliphatic heterocycles. The third kappa shape index (κ3) is 7.31. The molecule has 0 radical (unpaired) electrons. The molecule has 3 N–H and O–H groups in total. The first-order valence-electron chi connectivity index (χ1n) is 11.0. The Balaban J connectivity index is 0.00000385. The van der Waals surface area contributed by atoms with Gasteiger partial charge in [-0.2, -0.15) is 10.4 Å². The molecule has 1 aliphatic rings. The van der Waals surface area contributed by atoms with E-state index in [-0.39, 0.29) is 24.0 Å². The maximum absolute atomic E-state index is 9.56. The van der Waals surface area contributed by atoms with Crippen LogP contribution >= 0.6 is 24.0 Å². The van der Waals surface area contributed by atoms with E-state index in [9.17, 15) is 5.26 Å². The molecule has 1 saturated heterocycles. The Labute approximate surface area is 213 Å². The molecule has 10 heteroatoms.